The highest BCUT2D eigenvalue weighted by Gasteiger charge is 2.11. The molecule has 0 aromatic heterocycles. The van der Waals surface area contributed by atoms with Gasteiger partial charge in [-0.3, -0.25) is 10.1 Å². The van der Waals surface area contributed by atoms with E-state index in [1.807, 2.05) is 6.92 Å². The number of nitrogens with zero attached hydrogens (tertiary/aromatic N) is 2. The molecule has 5 heteroatoms. The molecule has 74 valence electrons. The third-order valence-electron chi connectivity index (χ3n) is 2.01. The van der Waals surface area contributed by atoms with Crippen LogP contribution in [0.1, 0.15) is 24.9 Å². The number of rotatable bonds is 4. The fourth-order valence-electron chi connectivity index (χ4n) is 1.25. The summed E-state index contributed by atoms with van der Waals surface area (Å²) in [7, 11) is 0. The van der Waals surface area contributed by atoms with Gasteiger partial charge in [0.25, 0.3) is 5.69 Å². The van der Waals surface area contributed by atoms with Crippen molar-refractivity contribution in [3.05, 3.63) is 39.9 Å². The summed E-state index contributed by atoms with van der Waals surface area (Å²) in [5.74, 6) is 0. The van der Waals surface area contributed by atoms with E-state index in [4.69, 9.17) is 5.53 Å². The number of nitro groups is 1. The van der Waals surface area contributed by atoms with Gasteiger partial charge in [-0.05, 0) is 12.0 Å². The van der Waals surface area contributed by atoms with Crippen molar-refractivity contribution in [3.63, 3.8) is 0 Å². The van der Waals surface area contributed by atoms with E-state index in [0.29, 0.717) is 6.42 Å². The summed E-state index contributed by atoms with van der Waals surface area (Å²) >= 11 is 0. The summed E-state index contributed by atoms with van der Waals surface area (Å²) < 4.78 is 0. The molecule has 1 rings (SSSR count). The van der Waals surface area contributed by atoms with Crippen LogP contribution < -0.4 is 0 Å². The van der Waals surface area contributed by atoms with E-state index < -0.39 is 4.92 Å². The minimum Gasteiger partial charge on any atom is -0.258 e. The van der Waals surface area contributed by atoms with Gasteiger partial charge in [0.2, 0.25) is 0 Å². The van der Waals surface area contributed by atoms with E-state index in [0.717, 1.165) is 5.56 Å². The van der Waals surface area contributed by atoms with Crippen molar-refractivity contribution in [2.75, 3.05) is 0 Å². The SMILES string of the molecule is CCC(N=N)c1cccc([N+](=O)[O-])c1. The lowest BCUT2D eigenvalue weighted by molar-refractivity contribution is -0.384. The highest BCUT2D eigenvalue weighted by Crippen LogP contribution is 2.24. The van der Waals surface area contributed by atoms with Crippen LogP contribution in [0.15, 0.2) is 29.4 Å². The molecule has 0 heterocycles. The zero-order valence-electron chi connectivity index (χ0n) is 7.80. The van der Waals surface area contributed by atoms with Gasteiger partial charge in [0.1, 0.15) is 0 Å². The molecule has 0 amide bonds. The van der Waals surface area contributed by atoms with Crippen molar-refractivity contribution in [2.24, 2.45) is 5.11 Å². The summed E-state index contributed by atoms with van der Waals surface area (Å²) in [6.07, 6.45) is 0.671. The van der Waals surface area contributed by atoms with Crippen molar-refractivity contribution < 1.29 is 4.92 Å². The molecule has 0 aliphatic carbocycles. The average molecular weight is 193 g/mol. The standard InChI is InChI=1S/C9H11N3O2/c1-2-9(11-10)7-4-3-5-8(6-7)12(13)14/h3-6,9-10H,2H2,1H3. The zero-order chi connectivity index (χ0) is 10.6. The summed E-state index contributed by atoms with van der Waals surface area (Å²) in [5, 5.41) is 13.9. The van der Waals surface area contributed by atoms with Crippen molar-refractivity contribution in [1.82, 2.24) is 0 Å². The first-order chi connectivity index (χ1) is 6.69. The van der Waals surface area contributed by atoms with E-state index in [1.165, 1.54) is 12.1 Å². The molecule has 0 radical (unpaired) electrons. The number of nitrogens with one attached hydrogen (secondary N) is 1. The maximum atomic E-state index is 10.5. The van der Waals surface area contributed by atoms with Gasteiger partial charge in [0.15, 0.2) is 0 Å². The van der Waals surface area contributed by atoms with E-state index in [2.05, 4.69) is 5.11 Å². The van der Waals surface area contributed by atoms with Crippen molar-refractivity contribution in [3.8, 4) is 0 Å². The van der Waals surface area contributed by atoms with Crippen LogP contribution in [0.5, 0.6) is 0 Å². The van der Waals surface area contributed by atoms with Gasteiger partial charge >= 0.3 is 0 Å². The summed E-state index contributed by atoms with van der Waals surface area (Å²) in [6, 6.07) is 5.99. The van der Waals surface area contributed by atoms with Crippen LogP contribution >= 0.6 is 0 Å². The molecule has 0 aliphatic rings. The monoisotopic (exact) mass is 193 g/mol. The van der Waals surface area contributed by atoms with Gasteiger partial charge in [-0.25, -0.2) is 5.53 Å². The van der Waals surface area contributed by atoms with Crippen LogP contribution in [0.25, 0.3) is 0 Å². The second-order valence-corrected chi connectivity index (χ2v) is 2.91. The second-order valence-electron chi connectivity index (χ2n) is 2.91. The maximum Gasteiger partial charge on any atom is 0.269 e. The first-order valence-electron chi connectivity index (χ1n) is 4.30. The Labute approximate surface area is 81.4 Å². The van der Waals surface area contributed by atoms with Crippen LogP contribution in [0.4, 0.5) is 5.69 Å². The summed E-state index contributed by atoms with van der Waals surface area (Å²) in [4.78, 5) is 10.0. The molecule has 0 bridgehead atoms. The lowest BCUT2D eigenvalue weighted by atomic mass is 10.1. The fraction of sp³-hybridized carbons (Fsp3) is 0.333. The van der Waals surface area contributed by atoms with Gasteiger partial charge in [0.05, 0.1) is 11.0 Å². The molecular weight excluding hydrogens is 182 g/mol. The van der Waals surface area contributed by atoms with Crippen molar-refractivity contribution in [2.45, 2.75) is 19.4 Å². The zero-order valence-corrected chi connectivity index (χ0v) is 7.80. The number of hydrogen-bond donors (Lipinski definition) is 1. The lowest BCUT2D eigenvalue weighted by Gasteiger charge is -2.06. The summed E-state index contributed by atoms with van der Waals surface area (Å²) in [5.41, 5.74) is 7.70. The molecule has 0 fully saturated rings. The quantitative estimate of drug-likeness (QED) is 0.453. The first kappa shape index (κ1) is 10.3. The van der Waals surface area contributed by atoms with Crippen LogP contribution in [-0.2, 0) is 0 Å². The van der Waals surface area contributed by atoms with Crippen LogP contribution in [0, 0.1) is 15.6 Å². The predicted octanol–water partition coefficient (Wildman–Crippen LogP) is 3.08. The summed E-state index contributed by atoms with van der Waals surface area (Å²) in [6.45, 7) is 1.89. The predicted molar refractivity (Wildman–Crippen MR) is 51.3 cm³/mol. The second kappa shape index (κ2) is 4.45. The number of non-ortho nitro benzene ring substituents is 1. The van der Waals surface area contributed by atoms with Crippen LogP contribution in [0.2, 0.25) is 0 Å². The van der Waals surface area contributed by atoms with E-state index in [-0.39, 0.29) is 11.7 Å². The Morgan fingerprint density at radius 1 is 1.64 bits per heavy atom. The van der Waals surface area contributed by atoms with Crippen molar-refractivity contribution >= 4 is 5.69 Å². The molecule has 1 atom stereocenters. The van der Waals surface area contributed by atoms with Gasteiger partial charge < -0.3 is 0 Å². The minimum absolute atomic E-state index is 0.0459. The van der Waals surface area contributed by atoms with Gasteiger partial charge in [-0.1, -0.05) is 19.1 Å². The molecule has 1 unspecified atom stereocenters. The Balaban J connectivity index is 3.03. The average Bonchev–Trinajstić information content (AvgIpc) is 2.20. The Bertz CT molecular complexity index is 352. The first-order valence-corrected chi connectivity index (χ1v) is 4.30. The van der Waals surface area contributed by atoms with Gasteiger partial charge in [-0.15, -0.1) is 0 Å². The normalized spacial score (nSPS) is 12.1. The van der Waals surface area contributed by atoms with E-state index in [1.54, 1.807) is 12.1 Å². The largest absolute Gasteiger partial charge is 0.269 e. The van der Waals surface area contributed by atoms with E-state index >= 15 is 0 Å². The maximum absolute atomic E-state index is 10.5. The molecule has 1 aromatic rings. The highest BCUT2D eigenvalue weighted by molar-refractivity contribution is 5.35. The van der Waals surface area contributed by atoms with Crippen LogP contribution in [-0.4, -0.2) is 4.92 Å². The lowest BCUT2D eigenvalue weighted by Crippen LogP contribution is -1.94. The third-order valence-corrected chi connectivity index (χ3v) is 2.01. The number of nitro benzene ring substituents is 1. The van der Waals surface area contributed by atoms with Gasteiger partial charge in [0, 0.05) is 12.1 Å². The number of benzene rings is 1. The fourth-order valence-corrected chi connectivity index (χ4v) is 1.25. The highest BCUT2D eigenvalue weighted by atomic mass is 16.6. The molecule has 14 heavy (non-hydrogen) atoms. The molecule has 1 aromatic carbocycles. The van der Waals surface area contributed by atoms with Crippen molar-refractivity contribution in [1.29, 1.82) is 5.53 Å². The molecule has 1 N–H and O–H groups in total. The molecular formula is C9H11N3O2. The molecule has 0 aliphatic heterocycles. The van der Waals surface area contributed by atoms with Crippen LogP contribution in [0.3, 0.4) is 0 Å². The molecule has 5 nitrogen and oxygen atoms in total. The third kappa shape index (κ3) is 2.12. The van der Waals surface area contributed by atoms with Gasteiger partial charge in [-0.2, -0.15) is 5.11 Å². The molecule has 0 saturated heterocycles. The Kier molecular flexibility index (Phi) is 3.28. The smallest absolute Gasteiger partial charge is 0.258 e. The Hall–Kier alpha value is -1.78. The molecule has 0 saturated carbocycles. The topological polar surface area (TPSA) is 79.3 Å². The Morgan fingerprint density at radius 2 is 2.36 bits per heavy atom. The Morgan fingerprint density at radius 3 is 2.86 bits per heavy atom. The minimum atomic E-state index is -0.444. The number of hydrogen-bond acceptors (Lipinski definition) is 4. The van der Waals surface area contributed by atoms with E-state index in [9.17, 15) is 10.1 Å². The molecule has 0 spiro atoms.